The molecule has 2 unspecified atom stereocenters. The summed E-state index contributed by atoms with van der Waals surface area (Å²) in [6.07, 6.45) is 3.54. The molecule has 1 aliphatic heterocycles. The Morgan fingerprint density at radius 2 is 1.90 bits per heavy atom. The zero-order valence-electron chi connectivity index (χ0n) is 12.5. The minimum atomic E-state index is -0.862. The molecule has 0 spiro atoms. The fraction of sp³-hybridized carbons (Fsp3) is 0.389. The van der Waals surface area contributed by atoms with E-state index in [2.05, 4.69) is 18.7 Å². The maximum absolute atomic E-state index is 11.4. The number of hydrogen-bond acceptors (Lipinski definition) is 2. The zero-order chi connectivity index (χ0) is 15.0. The number of aromatic carboxylic acids is 1. The van der Waals surface area contributed by atoms with Gasteiger partial charge in [0.05, 0.1) is 5.56 Å². The van der Waals surface area contributed by atoms with Gasteiger partial charge in [-0.05, 0) is 43.7 Å². The predicted octanol–water partition coefficient (Wildman–Crippen LogP) is 4.31. The third-order valence-electron chi connectivity index (χ3n) is 4.67. The van der Waals surface area contributed by atoms with Crippen molar-refractivity contribution >= 4 is 22.4 Å². The fourth-order valence-corrected chi connectivity index (χ4v) is 3.60. The summed E-state index contributed by atoms with van der Waals surface area (Å²) >= 11 is 0. The van der Waals surface area contributed by atoms with Gasteiger partial charge in [0.25, 0.3) is 0 Å². The first-order valence-electron chi connectivity index (χ1n) is 7.66. The van der Waals surface area contributed by atoms with Gasteiger partial charge in [-0.1, -0.05) is 31.2 Å². The number of carboxylic acid groups (broad SMARTS) is 1. The number of carboxylic acids is 1. The second kappa shape index (κ2) is 5.40. The molecule has 2 aromatic carbocycles. The molecule has 1 fully saturated rings. The molecule has 0 aliphatic carbocycles. The second-order valence-corrected chi connectivity index (χ2v) is 5.88. The van der Waals surface area contributed by atoms with E-state index in [1.807, 2.05) is 30.3 Å². The summed E-state index contributed by atoms with van der Waals surface area (Å²) in [5.41, 5.74) is 1.56. The Morgan fingerprint density at radius 3 is 2.57 bits per heavy atom. The van der Waals surface area contributed by atoms with E-state index in [0.29, 0.717) is 17.6 Å². The van der Waals surface area contributed by atoms with Gasteiger partial charge in [-0.2, -0.15) is 0 Å². The van der Waals surface area contributed by atoms with Gasteiger partial charge in [-0.15, -0.1) is 0 Å². The first-order chi connectivity index (χ1) is 10.1. The van der Waals surface area contributed by atoms with Gasteiger partial charge in [-0.25, -0.2) is 4.79 Å². The van der Waals surface area contributed by atoms with Gasteiger partial charge in [0.15, 0.2) is 0 Å². The number of anilines is 1. The molecule has 3 nitrogen and oxygen atoms in total. The van der Waals surface area contributed by atoms with Crippen molar-refractivity contribution in [3.8, 4) is 0 Å². The summed E-state index contributed by atoms with van der Waals surface area (Å²) in [7, 11) is 0. The maximum atomic E-state index is 11.4. The van der Waals surface area contributed by atoms with Crippen LogP contribution in [0.3, 0.4) is 0 Å². The molecule has 1 N–H and O–H groups in total. The Kier molecular flexibility index (Phi) is 3.58. The summed E-state index contributed by atoms with van der Waals surface area (Å²) < 4.78 is 0. The summed E-state index contributed by atoms with van der Waals surface area (Å²) in [5.74, 6) is -0.862. The lowest BCUT2D eigenvalue weighted by molar-refractivity contribution is 0.0699. The zero-order valence-corrected chi connectivity index (χ0v) is 12.5. The van der Waals surface area contributed by atoms with Crippen LogP contribution in [-0.4, -0.2) is 23.2 Å². The smallest absolute Gasteiger partial charge is 0.336 e. The molecule has 0 saturated carbocycles. The first kappa shape index (κ1) is 13.9. The van der Waals surface area contributed by atoms with Crippen LogP contribution in [0, 0.1) is 0 Å². The van der Waals surface area contributed by atoms with Crippen LogP contribution in [0.2, 0.25) is 0 Å². The Bertz CT molecular complexity index is 680. The maximum Gasteiger partial charge on any atom is 0.336 e. The van der Waals surface area contributed by atoms with Crippen LogP contribution in [0.5, 0.6) is 0 Å². The third-order valence-corrected chi connectivity index (χ3v) is 4.67. The van der Waals surface area contributed by atoms with E-state index in [-0.39, 0.29) is 0 Å². The van der Waals surface area contributed by atoms with Gasteiger partial charge in [-0.3, -0.25) is 0 Å². The topological polar surface area (TPSA) is 40.5 Å². The normalized spacial score (nSPS) is 21.9. The average molecular weight is 283 g/mol. The fourth-order valence-electron chi connectivity index (χ4n) is 3.60. The minimum Gasteiger partial charge on any atom is -0.478 e. The van der Waals surface area contributed by atoms with E-state index >= 15 is 0 Å². The van der Waals surface area contributed by atoms with E-state index in [4.69, 9.17) is 0 Å². The molecular weight excluding hydrogens is 262 g/mol. The van der Waals surface area contributed by atoms with Crippen LogP contribution < -0.4 is 4.90 Å². The lowest BCUT2D eigenvalue weighted by Crippen LogP contribution is -2.34. The summed E-state index contributed by atoms with van der Waals surface area (Å²) in [6.45, 7) is 4.49. The highest BCUT2D eigenvalue weighted by Crippen LogP contribution is 2.37. The summed E-state index contributed by atoms with van der Waals surface area (Å²) in [5, 5.41) is 11.3. The van der Waals surface area contributed by atoms with Crippen LogP contribution in [0.15, 0.2) is 36.4 Å². The van der Waals surface area contributed by atoms with Gasteiger partial charge in [0, 0.05) is 23.2 Å². The number of rotatable bonds is 3. The van der Waals surface area contributed by atoms with Crippen molar-refractivity contribution in [2.45, 2.75) is 45.2 Å². The highest BCUT2D eigenvalue weighted by Gasteiger charge is 2.30. The van der Waals surface area contributed by atoms with Crippen molar-refractivity contribution in [3.63, 3.8) is 0 Å². The van der Waals surface area contributed by atoms with Crippen LogP contribution in [0.1, 0.15) is 43.5 Å². The van der Waals surface area contributed by atoms with Crippen molar-refractivity contribution < 1.29 is 9.90 Å². The Hall–Kier alpha value is -2.03. The van der Waals surface area contributed by atoms with Crippen LogP contribution in [0.4, 0.5) is 5.69 Å². The number of benzene rings is 2. The third kappa shape index (κ3) is 2.27. The second-order valence-electron chi connectivity index (χ2n) is 5.88. The SMILES string of the molecule is CCC1CCC(C)N1c1ccc(C(=O)O)c2ccccc12. The van der Waals surface area contributed by atoms with Crippen molar-refractivity contribution in [1.82, 2.24) is 0 Å². The van der Waals surface area contributed by atoms with Crippen molar-refractivity contribution in [2.75, 3.05) is 4.90 Å². The summed E-state index contributed by atoms with van der Waals surface area (Å²) in [6, 6.07) is 12.6. The Morgan fingerprint density at radius 1 is 1.19 bits per heavy atom. The monoisotopic (exact) mass is 283 g/mol. The molecule has 2 atom stereocenters. The molecule has 0 aromatic heterocycles. The predicted molar refractivity (Wildman–Crippen MR) is 86.2 cm³/mol. The highest BCUT2D eigenvalue weighted by atomic mass is 16.4. The van der Waals surface area contributed by atoms with Crippen molar-refractivity contribution in [1.29, 1.82) is 0 Å². The molecule has 110 valence electrons. The highest BCUT2D eigenvalue weighted by molar-refractivity contribution is 6.08. The van der Waals surface area contributed by atoms with Gasteiger partial charge in [0.2, 0.25) is 0 Å². The average Bonchev–Trinajstić information content (AvgIpc) is 2.86. The number of carbonyl (C=O) groups is 1. The van der Waals surface area contributed by atoms with E-state index < -0.39 is 5.97 Å². The van der Waals surface area contributed by atoms with Gasteiger partial charge in [0.1, 0.15) is 0 Å². The molecule has 0 radical (unpaired) electrons. The Balaban J connectivity index is 2.20. The molecule has 3 heteroatoms. The van der Waals surface area contributed by atoms with E-state index in [9.17, 15) is 9.90 Å². The summed E-state index contributed by atoms with van der Waals surface area (Å²) in [4.78, 5) is 13.9. The molecule has 1 aliphatic rings. The van der Waals surface area contributed by atoms with Crippen LogP contribution in [-0.2, 0) is 0 Å². The molecule has 1 heterocycles. The molecular formula is C18H21NO2. The van der Waals surface area contributed by atoms with E-state index in [1.54, 1.807) is 6.07 Å². The number of hydrogen-bond donors (Lipinski definition) is 1. The van der Waals surface area contributed by atoms with Gasteiger partial charge >= 0.3 is 5.97 Å². The van der Waals surface area contributed by atoms with Crippen molar-refractivity contribution in [2.24, 2.45) is 0 Å². The lowest BCUT2D eigenvalue weighted by atomic mass is 10.0. The quantitative estimate of drug-likeness (QED) is 0.912. The molecule has 3 rings (SSSR count). The molecule has 0 amide bonds. The number of nitrogens with zero attached hydrogens (tertiary/aromatic N) is 1. The lowest BCUT2D eigenvalue weighted by Gasteiger charge is -2.31. The molecule has 0 bridgehead atoms. The molecule has 1 saturated heterocycles. The van der Waals surface area contributed by atoms with E-state index in [0.717, 1.165) is 17.2 Å². The number of fused-ring (bicyclic) bond motifs is 1. The van der Waals surface area contributed by atoms with Gasteiger partial charge < -0.3 is 10.0 Å². The molecule has 21 heavy (non-hydrogen) atoms. The Labute approximate surface area is 125 Å². The van der Waals surface area contributed by atoms with E-state index in [1.165, 1.54) is 18.5 Å². The largest absolute Gasteiger partial charge is 0.478 e. The first-order valence-corrected chi connectivity index (χ1v) is 7.66. The van der Waals surface area contributed by atoms with Crippen molar-refractivity contribution in [3.05, 3.63) is 42.0 Å². The standard InChI is InChI=1S/C18H21NO2/c1-3-13-9-8-12(2)19(13)17-11-10-16(18(20)21)14-6-4-5-7-15(14)17/h4-7,10-13H,3,8-9H2,1-2H3,(H,20,21). The van der Waals surface area contributed by atoms with Crippen LogP contribution in [0.25, 0.3) is 10.8 Å². The van der Waals surface area contributed by atoms with Crippen LogP contribution >= 0.6 is 0 Å². The molecule has 2 aromatic rings. The minimum absolute atomic E-state index is 0.384.